The molecule has 12 heteroatoms. The van der Waals surface area contributed by atoms with Crippen LogP contribution in [0.2, 0.25) is 0 Å². The van der Waals surface area contributed by atoms with Crippen molar-refractivity contribution >= 4 is 11.9 Å². The molecule has 1 aliphatic rings. The van der Waals surface area contributed by atoms with Crippen molar-refractivity contribution in [3.8, 4) is 5.82 Å². The van der Waals surface area contributed by atoms with Gasteiger partial charge in [0.15, 0.2) is 17.9 Å². The number of halogens is 1. The van der Waals surface area contributed by atoms with Crippen LogP contribution in [0, 0.1) is 5.82 Å². The van der Waals surface area contributed by atoms with Crippen molar-refractivity contribution in [3.05, 3.63) is 47.3 Å². The predicted molar refractivity (Wildman–Crippen MR) is 93.2 cm³/mol. The maximum absolute atomic E-state index is 14.3. The standard InChI is InChI=1S/C17H18FN5O6/c1-10(24)29-17(2,3)15(25)27-7-11-4-5-13(28-11)22-6-12(18)14(21-16(22)26)23-9-19-8-20-23/h4-6,8-9,11,13H,7H2,1-3H3. The lowest BCUT2D eigenvalue weighted by Gasteiger charge is -2.23. The highest BCUT2D eigenvalue weighted by atomic mass is 19.1. The molecule has 3 rings (SSSR count). The molecule has 3 heterocycles. The van der Waals surface area contributed by atoms with Crippen molar-refractivity contribution in [2.45, 2.75) is 38.7 Å². The Morgan fingerprint density at radius 3 is 2.76 bits per heavy atom. The Morgan fingerprint density at radius 1 is 1.34 bits per heavy atom. The maximum atomic E-state index is 14.3. The largest absolute Gasteiger partial charge is 0.460 e. The molecule has 2 atom stereocenters. The predicted octanol–water partition coefficient (Wildman–Crippen LogP) is 0.302. The zero-order valence-corrected chi connectivity index (χ0v) is 15.8. The molecule has 1 aliphatic heterocycles. The summed E-state index contributed by atoms with van der Waals surface area (Å²) in [6, 6.07) is 0. The third kappa shape index (κ3) is 4.54. The highest BCUT2D eigenvalue weighted by molar-refractivity contribution is 5.82. The van der Waals surface area contributed by atoms with Gasteiger partial charge >= 0.3 is 17.6 Å². The minimum absolute atomic E-state index is 0.182. The third-order valence-corrected chi connectivity index (χ3v) is 3.87. The molecule has 0 saturated carbocycles. The Morgan fingerprint density at radius 2 is 2.10 bits per heavy atom. The van der Waals surface area contributed by atoms with Crippen molar-refractivity contribution < 1.29 is 28.2 Å². The van der Waals surface area contributed by atoms with Crippen LogP contribution in [0.1, 0.15) is 27.0 Å². The van der Waals surface area contributed by atoms with E-state index in [4.69, 9.17) is 14.2 Å². The summed E-state index contributed by atoms with van der Waals surface area (Å²) in [7, 11) is 0. The van der Waals surface area contributed by atoms with E-state index >= 15 is 0 Å². The Kier molecular flexibility index (Phi) is 5.55. The molecule has 0 aliphatic carbocycles. The molecule has 29 heavy (non-hydrogen) atoms. The summed E-state index contributed by atoms with van der Waals surface area (Å²) in [5.74, 6) is -2.46. The van der Waals surface area contributed by atoms with Gasteiger partial charge in [-0.05, 0) is 19.9 Å². The van der Waals surface area contributed by atoms with Crippen LogP contribution in [0.5, 0.6) is 0 Å². The maximum Gasteiger partial charge on any atom is 0.352 e. The molecule has 0 spiro atoms. The molecule has 0 radical (unpaired) electrons. The second kappa shape index (κ2) is 7.91. The van der Waals surface area contributed by atoms with Crippen LogP contribution >= 0.6 is 0 Å². The lowest BCUT2D eigenvalue weighted by atomic mass is 10.1. The molecule has 2 aromatic heterocycles. The van der Waals surface area contributed by atoms with Gasteiger partial charge in [0.05, 0.1) is 6.20 Å². The van der Waals surface area contributed by atoms with Crippen LogP contribution in [-0.4, -0.2) is 54.6 Å². The average Bonchev–Trinajstić information content (AvgIpc) is 3.31. The summed E-state index contributed by atoms with van der Waals surface area (Å²) < 4.78 is 31.9. The Hall–Kier alpha value is -3.41. The lowest BCUT2D eigenvalue weighted by molar-refractivity contribution is -0.179. The molecule has 0 saturated heterocycles. The van der Waals surface area contributed by atoms with Crippen LogP contribution in [0.4, 0.5) is 4.39 Å². The summed E-state index contributed by atoms with van der Waals surface area (Å²) in [5.41, 5.74) is -2.21. The van der Waals surface area contributed by atoms with Crippen LogP contribution < -0.4 is 5.69 Å². The molecule has 11 nitrogen and oxygen atoms in total. The smallest absolute Gasteiger partial charge is 0.352 e. The van der Waals surface area contributed by atoms with E-state index in [0.717, 1.165) is 15.4 Å². The van der Waals surface area contributed by atoms with Gasteiger partial charge in [0, 0.05) is 6.92 Å². The monoisotopic (exact) mass is 407 g/mol. The number of hydrogen-bond donors (Lipinski definition) is 0. The van der Waals surface area contributed by atoms with Gasteiger partial charge in [0.1, 0.15) is 25.4 Å². The number of carbonyl (C=O) groups is 2. The molecule has 0 fully saturated rings. The summed E-state index contributed by atoms with van der Waals surface area (Å²) in [4.78, 5) is 42.7. The molecule has 0 aromatic carbocycles. The second-order valence-electron chi connectivity index (χ2n) is 6.59. The van der Waals surface area contributed by atoms with Crippen molar-refractivity contribution in [1.29, 1.82) is 0 Å². The molecular weight excluding hydrogens is 389 g/mol. The number of aromatic nitrogens is 5. The van der Waals surface area contributed by atoms with Gasteiger partial charge in [-0.2, -0.15) is 14.8 Å². The highest BCUT2D eigenvalue weighted by Crippen LogP contribution is 2.21. The number of ether oxygens (including phenoxy) is 3. The van der Waals surface area contributed by atoms with E-state index in [2.05, 4.69) is 15.1 Å². The van der Waals surface area contributed by atoms with Gasteiger partial charge < -0.3 is 14.2 Å². The third-order valence-electron chi connectivity index (χ3n) is 3.87. The van der Waals surface area contributed by atoms with E-state index in [1.54, 1.807) is 6.08 Å². The molecule has 2 aromatic rings. The summed E-state index contributed by atoms with van der Waals surface area (Å²) in [5, 5.41) is 3.74. The number of nitrogens with zero attached hydrogens (tertiary/aromatic N) is 5. The van der Waals surface area contributed by atoms with Gasteiger partial charge in [-0.3, -0.25) is 9.36 Å². The van der Waals surface area contributed by atoms with Crippen LogP contribution in [0.3, 0.4) is 0 Å². The van der Waals surface area contributed by atoms with E-state index in [1.807, 2.05) is 0 Å². The minimum atomic E-state index is -1.45. The second-order valence-corrected chi connectivity index (χ2v) is 6.59. The summed E-state index contributed by atoms with van der Waals surface area (Å²) >= 11 is 0. The quantitative estimate of drug-likeness (QED) is 0.491. The molecular formula is C17H18FN5O6. The normalized spacial score (nSPS) is 18.6. The first-order valence-electron chi connectivity index (χ1n) is 8.51. The molecule has 0 bridgehead atoms. The van der Waals surface area contributed by atoms with Gasteiger partial charge in [0.2, 0.25) is 5.60 Å². The summed E-state index contributed by atoms with van der Waals surface area (Å²) in [6.07, 6.45) is 4.80. The van der Waals surface area contributed by atoms with E-state index in [9.17, 15) is 18.8 Å². The zero-order valence-electron chi connectivity index (χ0n) is 15.8. The van der Waals surface area contributed by atoms with E-state index < -0.39 is 41.4 Å². The SMILES string of the molecule is CC(=O)OC(C)(C)C(=O)OCC1C=CC(n2cc(F)c(-n3cncn3)nc2=O)O1. The summed E-state index contributed by atoms with van der Waals surface area (Å²) in [6.45, 7) is 3.80. The number of hydrogen-bond acceptors (Lipinski definition) is 9. The first-order valence-corrected chi connectivity index (χ1v) is 8.51. The number of esters is 2. The average molecular weight is 407 g/mol. The Bertz CT molecular complexity index is 1000. The van der Waals surface area contributed by atoms with Crippen molar-refractivity contribution in [2.75, 3.05) is 6.61 Å². The first kappa shape index (κ1) is 20.3. The topological polar surface area (TPSA) is 127 Å². The van der Waals surface area contributed by atoms with E-state index in [0.29, 0.717) is 0 Å². The Balaban J connectivity index is 1.64. The van der Waals surface area contributed by atoms with Gasteiger partial charge in [-0.15, -0.1) is 0 Å². The van der Waals surface area contributed by atoms with Crippen molar-refractivity contribution in [3.63, 3.8) is 0 Å². The van der Waals surface area contributed by atoms with Crippen LogP contribution in [-0.2, 0) is 23.8 Å². The van der Waals surface area contributed by atoms with Crippen LogP contribution in [0.25, 0.3) is 5.82 Å². The number of carbonyl (C=O) groups excluding carboxylic acids is 2. The molecule has 154 valence electrons. The number of rotatable bonds is 6. The lowest BCUT2D eigenvalue weighted by Crippen LogP contribution is -2.39. The van der Waals surface area contributed by atoms with Gasteiger partial charge in [-0.1, -0.05) is 6.08 Å². The molecule has 2 unspecified atom stereocenters. The fourth-order valence-corrected chi connectivity index (χ4v) is 2.57. The fourth-order valence-electron chi connectivity index (χ4n) is 2.57. The fraction of sp³-hybridized carbons (Fsp3) is 0.412. The van der Waals surface area contributed by atoms with E-state index in [1.165, 1.54) is 39.5 Å². The van der Waals surface area contributed by atoms with Crippen molar-refractivity contribution in [2.24, 2.45) is 0 Å². The van der Waals surface area contributed by atoms with Gasteiger partial charge in [0.25, 0.3) is 0 Å². The van der Waals surface area contributed by atoms with E-state index in [-0.39, 0.29) is 12.4 Å². The van der Waals surface area contributed by atoms with Crippen LogP contribution in [0.15, 0.2) is 35.8 Å². The molecule has 0 N–H and O–H groups in total. The van der Waals surface area contributed by atoms with Gasteiger partial charge in [-0.25, -0.2) is 19.0 Å². The Labute approximate surface area is 163 Å². The first-order chi connectivity index (χ1) is 13.7. The molecule has 0 amide bonds. The highest BCUT2D eigenvalue weighted by Gasteiger charge is 2.34. The minimum Gasteiger partial charge on any atom is -0.460 e. The zero-order chi connectivity index (χ0) is 21.2. The van der Waals surface area contributed by atoms with Crippen molar-refractivity contribution in [1.82, 2.24) is 24.3 Å².